The van der Waals surface area contributed by atoms with Crippen molar-refractivity contribution in [1.29, 1.82) is 0 Å². The molecule has 1 aliphatic heterocycles. The number of para-hydroxylation sites is 1. The van der Waals surface area contributed by atoms with E-state index < -0.39 is 0 Å². The van der Waals surface area contributed by atoms with Crippen LogP contribution in [0.5, 0.6) is 5.75 Å². The third-order valence-electron chi connectivity index (χ3n) is 5.57. The summed E-state index contributed by atoms with van der Waals surface area (Å²) in [6.07, 6.45) is 0.933. The molecular formula is C23H25N5O2. The van der Waals surface area contributed by atoms with Gasteiger partial charge in [0.25, 0.3) is 0 Å². The van der Waals surface area contributed by atoms with Crippen molar-refractivity contribution in [3.05, 3.63) is 59.6 Å². The molecular weight excluding hydrogens is 378 g/mol. The van der Waals surface area contributed by atoms with Crippen LogP contribution in [0.25, 0.3) is 22.3 Å². The minimum Gasteiger partial charge on any atom is -0.507 e. The van der Waals surface area contributed by atoms with Gasteiger partial charge < -0.3 is 14.6 Å². The van der Waals surface area contributed by atoms with Gasteiger partial charge in [0.1, 0.15) is 11.5 Å². The Hall–Kier alpha value is -3.19. The first-order valence-electron chi connectivity index (χ1n) is 10.4. The first kappa shape index (κ1) is 18.8. The second-order valence-corrected chi connectivity index (χ2v) is 8.55. The minimum atomic E-state index is 0.206. The Balaban J connectivity index is 1.25. The summed E-state index contributed by atoms with van der Waals surface area (Å²) in [6, 6.07) is 13.4. The number of H-pyrrole nitrogens is 1. The first-order valence-corrected chi connectivity index (χ1v) is 10.4. The molecule has 0 aliphatic carbocycles. The summed E-state index contributed by atoms with van der Waals surface area (Å²) in [5.74, 6) is 2.19. The summed E-state index contributed by atoms with van der Waals surface area (Å²) in [6.45, 7) is 7.14. The normalized spacial score (nSPS) is 15.2. The quantitative estimate of drug-likeness (QED) is 0.503. The number of phenolic OH excluding ortho intramolecular Hbond substituents is 1. The number of aromatic amines is 1. The average Bonchev–Trinajstić information content (AvgIpc) is 3.30. The highest BCUT2D eigenvalue weighted by Crippen LogP contribution is 2.30. The van der Waals surface area contributed by atoms with E-state index in [-0.39, 0.29) is 5.75 Å². The van der Waals surface area contributed by atoms with Gasteiger partial charge in [0, 0.05) is 54.7 Å². The van der Waals surface area contributed by atoms with E-state index in [9.17, 15) is 5.11 Å². The van der Waals surface area contributed by atoms with Gasteiger partial charge in [-0.3, -0.25) is 4.90 Å². The summed E-state index contributed by atoms with van der Waals surface area (Å²) in [5.41, 5.74) is 4.28. The van der Waals surface area contributed by atoms with Gasteiger partial charge in [-0.15, -0.1) is 10.2 Å². The lowest BCUT2D eigenvalue weighted by atomic mass is 9.95. The molecule has 0 spiro atoms. The Kier molecular flexibility index (Phi) is 4.75. The number of aromatic hydroxyl groups is 1. The molecule has 30 heavy (non-hydrogen) atoms. The zero-order chi connectivity index (χ0) is 20.7. The van der Waals surface area contributed by atoms with Crippen molar-refractivity contribution in [3.63, 3.8) is 0 Å². The molecule has 4 aromatic rings. The molecule has 4 heterocycles. The van der Waals surface area contributed by atoms with Crippen LogP contribution in [0.3, 0.4) is 0 Å². The van der Waals surface area contributed by atoms with Crippen molar-refractivity contribution in [2.75, 3.05) is 13.1 Å². The van der Waals surface area contributed by atoms with E-state index in [1.807, 2.05) is 18.2 Å². The Morgan fingerprint density at radius 1 is 1.17 bits per heavy atom. The number of fused-ring (bicyclic) bond motifs is 1. The number of benzene rings is 1. The van der Waals surface area contributed by atoms with Gasteiger partial charge in [0.2, 0.25) is 0 Å². The topological polar surface area (TPSA) is 91.1 Å². The number of rotatable bonds is 6. The zero-order valence-corrected chi connectivity index (χ0v) is 17.2. The molecule has 1 aliphatic rings. The fourth-order valence-electron chi connectivity index (χ4n) is 4.04. The van der Waals surface area contributed by atoms with Crippen molar-refractivity contribution in [2.45, 2.75) is 32.7 Å². The third-order valence-corrected chi connectivity index (χ3v) is 5.57. The van der Waals surface area contributed by atoms with Crippen LogP contribution in [0, 0.1) is 5.92 Å². The van der Waals surface area contributed by atoms with Crippen molar-refractivity contribution in [2.24, 2.45) is 5.92 Å². The molecule has 7 nitrogen and oxygen atoms in total. The Morgan fingerprint density at radius 3 is 2.80 bits per heavy atom. The number of phenols is 1. The van der Waals surface area contributed by atoms with Crippen LogP contribution in [0.2, 0.25) is 0 Å². The van der Waals surface area contributed by atoms with Crippen LogP contribution < -0.4 is 0 Å². The molecule has 1 fully saturated rings. The molecule has 154 valence electrons. The molecule has 5 rings (SSSR count). The lowest BCUT2D eigenvalue weighted by molar-refractivity contribution is 0.133. The van der Waals surface area contributed by atoms with E-state index in [2.05, 4.69) is 51.2 Å². The lowest BCUT2D eigenvalue weighted by Gasteiger charge is -2.37. The molecule has 0 amide bonds. The molecule has 0 atom stereocenters. The lowest BCUT2D eigenvalue weighted by Crippen LogP contribution is -2.44. The molecule has 0 saturated carbocycles. The van der Waals surface area contributed by atoms with E-state index in [0.29, 0.717) is 23.1 Å². The van der Waals surface area contributed by atoms with Gasteiger partial charge in [-0.2, -0.15) is 0 Å². The average molecular weight is 403 g/mol. The van der Waals surface area contributed by atoms with E-state index in [4.69, 9.17) is 4.52 Å². The van der Waals surface area contributed by atoms with Crippen LogP contribution in [-0.4, -0.2) is 43.4 Å². The van der Waals surface area contributed by atoms with Crippen LogP contribution >= 0.6 is 0 Å². The molecule has 7 heteroatoms. The number of hydrogen-bond donors (Lipinski definition) is 2. The Bertz CT molecular complexity index is 1170. The van der Waals surface area contributed by atoms with E-state index in [1.165, 1.54) is 0 Å². The smallest absolute Gasteiger partial charge is 0.160 e. The van der Waals surface area contributed by atoms with Crippen LogP contribution in [-0.2, 0) is 13.0 Å². The standard InChI is InChI=1S/C23H25N5O2/c1-14(2)7-18-10-20(27-30-18)16-11-28(12-16)13-17-8-15-9-21(25-26-23(15)24-17)19-5-3-4-6-22(19)29/h3-6,8-10,14,16,29H,7,11-13H2,1-2H3,(H,24,26). The fourth-order valence-corrected chi connectivity index (χ4v) is 4.04. The van der Waals surface area contributed by atoms with Gasteiger partial charge in [-0.25, -0.2) is 0 Å². The van der Waals surface area contributed by atoms with Crippen LogP contribution in [0.4, 0.5) is 0 Å². The monoisotopic (exact) mass is 403 g/mol. The number of likely N-dealkylation sites (tertiary alicyclic amines) is 1. The van der Waals surface area contributed by atoms with Gasteiger partial charge in [-0.1, -0.05) is 31.1 Å². The number of hydrogen-bond acceptors (Lipinski definition) is 6. The summed E-state index contributed by atoms with van der Waals surface area (Å²) in [4.78, 5) is 5.73. The predicted octanol–water partition coefficient (Wildman–Crippen LogP) is 4.12. The fraction of sp³-hybridized carbons (Fsp3) is 0.348. The van der Waals surface area contributed by atoms with E-state index >= 15 is 0 Å². The predicted molar refractivity (Wildman–Crippen MR) is 114 cm³/mol. The Labute approximate surface area is 174 Å². The van der Waals surface area contributed by atoms with E-state index in [1.54, 1.807) is 12.1 Å². The molecule has 0 bridgehead atoms. The summed E-state index contributed by atoms with van der Waals surface area (Å²) >= 11 is 0. The molecule has 0 unspecified atom stereocenters. The van der Waals surface area contributed by atoms with E-state index in [0.717, 1.165) is 54.2 Å². The number of nitrogens with one attached hydrogen (secondary N) is 1. The largest absolute Gasteiger partial charge is 0.507 e. The van der Waals surface area contributed by atoms with Crippen molar-refractivity contribution in [3.8, 4) is 17.0 Å². The highest BCUT2D eigenvalue weighted by atomic mass is 16.5. The van der Waals surface area contributed by atoms with Gasteiger partial charge in [-0.05, 0) is 30.2 Å². The summed E-state index contributed by atoms with van der Waals surface area (Å²) < 4.78 is 5.47. The van der Waals surface area contributed by atoms with Crippen molar-refractivity contribution < 1.29 is 9.63 Å². The van der Waals surface area contributed by atoms with Gasteiger partial charge >= 0.3 is 0 Å². The number of aromatic nitrogens is 4. The SMILES string of the molecule is CC(C)Cc1cc(C2CN(Cc3cc4cc(-c5ccccc5O)nnc4[nH]3)C2)no1. The van der Waals surface area contributed by atoms with Gasteiger partial charge in [0.15, 0.2) is 5.65 Å². The Morgan fingerprint density at radius 2 is 2.00 bits per heavy atom. The first-order chi connectivity index (χ1) is 14.5. The molecule has 1 aromatic carbocycles. The zero-order valence-electron chi connectivity index (χ0n) is 17.2. The summed E-state index contributed by atoms with van der Waals surface area (Å²) in [7, 11) is 0. The van der Waals surface area contributed by atoms with Crippen LogP contribution in [0.15, 0.2) is 47.0 Å². The maximum absolute atomic E-state index is 10.1. The third kappa shape index (κ3) is 3.68. The van der Waals surface area contributed by atoms with Crippen molar-refractivity contribution >= 4 is 11.0 Å². The van der Waals surface area contributed by atoms with Crippen LogP contribution in [0.1, 0.15) is 36.9 Å². The molecule has 1 saturated heterocycles. The second kappa shape index (κ2) is 7.57. The maximum atomic E-state index is 10.1. The van der Waals surface area contributed by atoms with Crippen molar-refractivity contribution in [1.82, 2.24) is 25.2 Å². The highest BCUT2D eigenvalue weighted by molar-refractivity contribution is 5.81. The maximum Gasteiger partial charge on any atom is 0.160 e. The summed E-state index contributed by atoms with van der Waals surface area (Å²) in [5, 5.41) is 23.9. The van der Waals surface area contributed by atoms with Gasteiger partial charge in [0.05, 0.1) is 11.4 Å². The molecule has 2 N–H and O–H groups in total. The molecule has 0 radical (unpaired) electrons. The second-order valence-electron chi connectivity index (χ2n) is 8.55. The number of nitrogens with zero attached hydrogens (tertiary/aromatic N) is 4. The highest BCUT2D eigenvalue weighted by Gasteiger charge is 2.31. The molecule has 3 aromatic heterocycles. The minimum absolute atomic E-state index is 0.206.